The minimum Gasteiger partial charge on any atom is -0.388 e. The van der Waals surface area contributed by atoms with Crippen LogP contribution in [-0.2, 0) is 18.9 Å². The van der Waals surface area contributed by atoms with Gasteiger partial charge in [0.2, 0.25) is 0 Å². The third-order valence-electron chi connectivity index (χ3n) is 4.79. The summed E-state index contributed by atoms with van der Waals surface area (Å²) >= 11 is 11.9. The van der Waals surface area contributed by atoms with Crippen molar-refractivity contribution < 1.29 is 29.2 Å². The number of aliphatic hydroxyl groups excluding tert-OH is 2. The van der Waals surface area contributed by atoms with E-state index in [1.165, 1.54) is 0 Å². The third-order valence-corrected chi connectivity index (χ3v) is 5.29. The van der Waals surface area contributed by atoms with Crippen LogP contribution in [0.25, 0.3) is 0 Å². The molecule has 0 amide bonds. The Kier molecular flexibility index (Phi) is 6.20. The topological polar surface area (TPSA) is 77.4 Å². The van der Waals surface area contributed by atoms with Gasteiger partial charge < -0.3 is 29.2 Å². The van der Waals surface area contributed by atoms with E-state index in [0.29, 0.717) is 10.0 Å². The van der Waals surface area contributed by atoms with Crippen LogP contribution in [0.2, 0.25) is 10.0 Å². The molecule has 6 atom stereocenters. The summed E-state index contributed by atoms with van der Waals surface area (Å²) in [6.45, 7) is -0.0137. The van der Waals surface area contributed by atoms with Crippen LogP contribution in [0.1, 0.15) is 23.7 Å². The predicted octanol–water partition coefficient (Wildman–Crippen LogP) is 3.24. The Morgan fingerprint density at radius 2 is 1.21 bits per heavy atom. The normalized spacial score (nSPS) is 33.6. The molecule has 2 aliphatic rings. The SMILES string of the molecule is O[C@H]1[C@@H]2OC(c3ccc(Cl)cc3)OC[C@H]1OC(c1ccc(Cl)cc1)OC[C@@H]2O. The molecule has 2 aliphatic heterocycles. The Morgan fingerprint density at radius 1 is 0.714 bits per heavy atom. The maximum atomic E-state index is 10.8. The number of benzene rings is 2. The van der Waals surface area contributed by atoms with Crippen LogP contribution in [0.4, 0.5) is 0 Å². The van der Waals surface area contributed by atoms with E-state index >= 15 is 0 Å². The lowest BCUT2D eigenvalue weighted by Crippen LogP contribution is -2.50. The molecule has 2 fully saturated rings. The van der Waals surface area contributed by atoms with Crippen molar-refractivity contribution in [1.82, 2.24) is 0 Å². The van der Waals surface area contributed by atoms with Crippen LogP contribution in [-0.4, -0.2) is 47.8 Å². The van der Waals surface area contributed by atoms with Crippen molar-refractivity contribution in [2.24, 2.45) is 0 Å². The second-order valence-corrected chi connectivity index (χ2v) is 7.64. The number of halogens is 2. The zero-order chi connectivity index (χ0) is 19.7. The number of ether oxygens (including phenoxy) is 4. The Morgan fingerprint density at radius 3 is 1.79 bits per heavy atom. The largest absolute Gasteiger partial charge is 0.388 e. The highest BCUT2D eigenvalue weighted by Crippen LogP contribution is 2.34. The minimum atomic E-state index is -1.09. The molecule has 0 saturated carbocycles. The minimum absolute atomic E-state index is 0.0606. The zero-order valence-electron chi connectivity index (χ0n) is 14.8. The molecular weight excluding hydrogens is 407 g/mol. The maximum absolute atomic E-state index is 10.8. The van der Waals surface area contributed by atoms with Gasteiger partial charge in [-0.2, -0.15) is 0 Å². The number of fused-ring (bicyclic) bond motifs is 2. The summed E-state index contributed by atoms with van der Waals surface area (Å²) in [5.74, 6) is 0. The number of rotatable bonds is 2. The lowest BCUT2D eigenvalue weighted by Gasteiger charge is -2.35. The van der Waals surface area contributed by atoms with Gasteiger partial charge in [-0.15, -0.1) is 0 Å². The molecule has 6 nitrogen and oxygen atoms in total. The third kappa shape index (κ3) is 4.35. The fourth-order valence-corrected chi connectivity index (χ4v) is 3.51. The molecule has 2 aromatic rings. The first kappa shape index (κ1) is 20.1. The molecule has 28 heavy (non-hydrogen) atoms. The highest BCUT2D eigenvalue weighted by molar-refractivity contribution is 6.30. The second kappa shape index (κ2) is 8.65. The Bertz CT molecular complexity index is 741. The van der Waals surface area contributed by atoms with E-state index in [1.54, 1.807) is 48.5 Å². The summed E-state index contributed by atoms with van der Waals surface area (Å²) in [5, 5.41) is 22.5. The monoisotopic (exact) mass is 426 g/mol. The molecule has 2 heterocycles. The fraction of sp³-hybridized carbons (Fsp3) is 0.400. The van der Waals surface area contributed by atoms with E-state index in [1.807, 2.05) is 0 Å². The van der Waals surface area contributed by atoms with Gasteiger partial charge in [0.25, 0.3) is 0 Å². The zero-order valence-corrected chi connectivity index (χ0v) is 16.3. The molecule has 2 saturated heterocycles. The standard InChI is InChI=1S/C20H20Cl2O6/c21-13-5-1-11(2-6-13)19-25-9-15(23)18-17(24)16(27-19)10-26-20(28-18)12-3-7-14(22)8-4-12/h1-8,15-20,23-24H,9-10H2/t15-,16+,17+,18+,19?,20?/m0/s1. The number of hydrogen-bond acceptors (Lipinski definition) is 6. The lowest BCUT2D eigenvalue weighted by atomic mass is 10.0. The number of aliphatic hydroxyl groups is 2. The molecule has 0 aliphatic carbocycles. The molecule has 0 spiro atoms. The molecule has 2 bridgehead atoms. The van der Waals surface area contributed by atoms with Crippen LogP contribution in [0, 0.1) is 0 Å². The summed E-state index contributed by atoms with van der Waals surface area (Å²) in [6.07, 6.45) is -5.38. The van der Waals surface area contributed by atoms with Crippen molar-refractivity contribution in [2.75, 3.05) is 13.2 Å². The van der Waals surface area contributed by atoms with Gasteiger partial charge in [0.1, 0.15) is 24.4 Å². The van der Waals surface area contributed by atoms with Gasteiger partial charge in [-0.05, 0) is 24.3 Å². The van der Waals surface area contributed by atoms with E-state index in [2.05, 4.69) is 0 Å². The molecule has 4 rings (SSSR count). The molecule has 2 N–H and O–H groups in total. The molecule has 2 unspecified atom stereocenters. The Balaban J connectivity index is 1.57. The maximum Gasteiger partial charge on any atom is 0.184 e. The summed E-state index contributed by atoms with van der Waals surface area (Å²) in [4.78, 5) is 0. The van der Waals surface area contributed by atoms with E-state index < -0.39 is 37.0 Å². The van der Waals surface area contributed by atoms with Crippen LogP contribution >= 0.6 is 23.2 Å². The first-order valence-corrected chi connectivity index (χ1v) is 9.68. The highest BCUT2D eigenvalue weighted by Gasteiger charge is 2.43. The quantitative estimate of drug-likeness (QED) is 0.767. The smallest absolute Gasteiger partial charge is 0.184 e. The van der Waals surface area contributed by atoms with E-state index in [4.69, 9.17) is 42.1 Å². The molecular formula is C20H20Cl2O6. The van der Waals surface area contributed by atoms with Gasteiger partial charge in [-0.1, -0.05) is 47.5 Å². The fourth-order valence-electron chi connectivity index (χ4n) is 3.26. The molecule has 0 radical (unpaired) electrons. The van der Waals surface area contributed by atoms with Gasteiger partial charge >= 0.3 is 0 Å². The molecule has 150 valence electrons. The molecule has 0 aromatic heterocycles. The molecule has 8 heteroatoms. The highest BCUT2D eigenvalue weighted by atomic mass is 35.5. The average molecular weight is 427 g/mol. The van der Waals surface area contributed by atoms with Crippen molar-refractivity contribution in [2.45, 2.75) is 37.0 Å². The van der Waals surface area contributed by atoms with E-state index in [9.17, 15) is 10.2 Å². The first-order chi connectivity index (χ1) is 13.5. The van der Waals surface area contributed by atoms with Gasteiger partial charge in [0.05, 0.1) is 13.2 Å². The van der Waals surface area contributed by atoms with Crippen LogP contribution in [0.5, 0.6) is 0 Å². The van der Waals surface area contributed by atoms with Crippen molar-refractivity contribution in [3.05, 3.63) is 69.7 Å². The van der Waals surface area contributed by atoms with Crippen LogP contribution < -0.4 is 0 Å². The van der Waals surface area contributed by atoms with E-state index in [-0.39, 0.29) is 13.2 Å². The van der Waals surface area contributed by atoms with Gasteiger partial charge in [0.15, 0.2) is 12.6 Å². The van der Waals surface area contributed by atoms with Crippen molar-refractivity contribution in [3.8, 4) is 0 Å². The Hall–Kier alpha value is -1.22. The lowest BCUT2D eigenvalue weighted by molar-refractivity contribution is -0.252. The van der Waals surface area contributed by atoms with Crippen LogP contribution in [0.15, 0.2) is 48.5 Å². The summed E-state index contributed by atoms with van der Waals surface area (Å²) in [5.41, 5.74) is 1.45. The predicted molar refractivity (Wildman–Crippen MR) is 102 cm³/mol. The van der Waals surface area contributed by atoms with Crippen LogP contribution in [0.3, 0.4) is 0 Å². The summed E-state index contributed by atoms with van der Waals surface area (Å²) < 4.78 is 23.4. The van der Waals surface area contributed by atoms with Crippen molar-refractivity contribution in [3.63, 3.8) is 0 Å². The van der Waals surface area contributed by atoms with Crippen molar-refractivity contribution >= 4 is 23.2 Å². The van der Waals surface area contributed by atoms with Gasteiger partial charge in [0, 0.05) is 21.2 Å². The van der Waals surface area contributed by atoms with Gasteiger partial charge in [-0.25, -0.2) is 0 Å². The van der Waals surface area contributed by atoms with Crippen molar-refractivity contribution in [1.29, 1.82) is 0 Å². The summed E-state index contributed by atoms with van der Waals surface area (Å²) in [7, 11) is 0. The Labute approximate surface area is 172 Å². The first-order valence-electron chi connectivity index (χ1n) is 8.92. The summed E-state index contributed by atoms with van der Waals surface area (Å²) in [6, 6.07) is 14.0. The molecule has 2 aromatic carbocycles. The van der Waals surface area contributed by atoms with E-state index in [0.717, 1.165) is 11.1 Å². The average Bonchev–Trinajstić information content (AvgIpc) is 2.87. The van der Waals surface area contributed by atoms with Gasteiger partial charge in [-0.3, -0.25) is 0 Å². The number of hydrogen-bond donors (Lipinski definition) is 2. The second-order valence-electron chi connectivity index (χ2n) is 6.77.